The van der Waals surface area contributed by atoms with E-state index in [4.69, 9.17) is 9.47 Å². The van der Waals surface area contributed by atoms with Gasteiger partial charge >= 0.3 is 6.03 Å². The number of hydrogen-bond acceptors (Lipinski definition) is 9. The van der Waals surface area contributed by atoms with Crippen molar-refractivity contribution < 1.29 is 28.8 Å². The van der Waals surface area contributed by atoms with Crippen LogP contribution in [0.15, 0.2) is 36.4 Å². The van der Waals surface area contributed by atoms with Crippen molar-refractivity contribution in [2.45, 2.75) is 19.0 Å². The van der Waals surface area contributed by atoms with Crippen LogP contribution in [0.5, 0.6) is 11.5 Å². The molecule has 186 valence electrons. The Kier molecular flexibility index (Phi) is 4.90. The summed E-state index contributed by atoms with van der Waals surface area (Å²) in [5.41, 5.74) is 0.588. The summed E-state index contributed by atoms with van der Waals surface area (Å²) in [4.78, 5) is 55.3. The van der Waals surface area contributed by atoms with Crippen LogP contribution < -0.4 is 19.7 Å². The van der Waals surface area contributed by atoms with Crippen LogP contribution in [-0.2, 0) is 22.6 Å². The number of nitro groups is 1. The molecule has 0 radical (unpaired) electrons. The average Bonchev–Trinajstić information content (AvgIpc) is 3.34. The maximum atomic E-state index is 13.6. The Hall–Kier alpha value is -4.19. The van der Waals surface area contributed by atoms with Crippen molar-refractivity contribution in [1.82, 2.24) is 15.1 Å². The van der Waals surface area contributed by atoms with E-state index in [9.17, 15) is 24.5 Å². The highest BCUT2D eigenvalue weighted by atomic mass is 16.7. The van der Waals surface area contributed by atoms with Crippen LogP contribution in [0, 0.1) is 15.5 Å². The van der Waals surface area contributed by atoms with Gasteiger partial charge in [0.15, 0.2) is 16.9 Å². The summed E-state index contributed by atoms with van der Waals surface area (Å²) in [5.74, 6) is 0.0940. The predicted octanol–water partition coefficient (Wildman–Crippen LogP) is 1.26. The summed E-state index contributed by atoms with van der Waals surface area (Å²) in [6, 6.07) is 8.92. The molecular formula is C24H23N5O7. The monoisotopic (exact) mass is 493 g/mol. The zero-order chi connectivity index (χ0) is 25.2. The molecule has 1 N–H and O–H groups in total. The molecule has 0 bridgehead atoms. The number of anilines is 1. The maximum absolute atomic E-state index is 13.6. The Morgan fingerprint density at radius 1 is 1.11 bits per heavy atom. The Morgan fingerprint density at radius 2 is 1.92 bits per heavy atom. The van der Waals surface area contributed by atoms with E-state index in [1.54, 1.807) is 6.07 Å². The number of amides is 4. The second-order valence-corrected chi connectivity index (χ2v) is 9.47. The van der Waals surface area contributed by atoms with Crippen LogP contribution in [-0.4, -0.2) is 72.1 Å². The fourth-order valence-electron chi connectivity index (χ4n) is 5.75. The molecule has 6 rings (SSSR count). The molecule has 2 fully saturated rings. The third-order valence-corrected chi connectivity index (χ3v) is 7.55. The van der Waals surface area contributed by atoms with Crippen molar-refractivity contribution in [3.63, 3.8) is 0 Å². The average molecular weight is 493 g/mol. The molecule has 12 nitrogen and oxygen atoms in total. The summed E-state index contributed by atoms with van der Waals surface area (Å²) in [5, 5.41) is 13.7. The van der Waals surface area contributed by atoms with Crippen LogP contribution in [0.2, 0.25) is 0 Å². The first-order chi connectivity index (χ1) is 17.3. The van der Waals surface area contributed by atoms with E-state index in [0.29, 0.717) is 43.2 Å². The zero-order valence-corrected chi connectivity index (χ0v) is 19.4. The van der Waals surface area contributed by atoms with Crippen LogP contribution in [0.3, 0.4) is 0 Å². The van der Waals surface area contributed by atoms with Crippen molar-refractivity contribution in [1.29, 1.82) is 0 Å². The van der Waals surface area contributed by atoms with Gasteiger partial charge in [0.25, 0.3) is 5.69 Å². The van der Waals surface area contributed by atoms with E-state index in [0.717, 1.165) is 16.2 Å². The lowest BCUT2D eigenvalue weighted by Gasteiger charge is -2.55. The Balaban J connectivity index is 1.38. The Labute approximate surface area is 205 Å². The number of nitrogens with zero attached hydrogens (tertiary/aromatic N) is 4. The minimum absolute atomic E-state index is 0.0364. The molecular weight excluding hydrogens is 470 g/mol. The van der Waals surface area contributed by atoms with Crippen LogP contribution in [0.1, 0.15) is 11.1 Å². The normalized spacial score (nSPS) is 25.0. The molecule has 4 aliphatic rings. The van der Waals surface area contributed by atoms with Gasteiger partial charge in [0.2, 0.25) is 18.6 Å². The number of imide groups is 2. The van der Waals surface area contributed by atoms with E-state index < -0.39 is 34.2 Å². The molecule has 4 heterocycles. The Bertz CT molecular complexity index is 1330. The predicted molar refractivity (Wildman–Crippen MR) is 125 cm³/mol. The van der Waals surface area contributed by atoms with Gasteiger partial charge < -0.3 is 14.4 Å². The van der Waals surface area contributed by atoms with Gasteiger partial charge in [-0.15, -0.1) is 0 Å². The standard InChI is InChI=1S/C24H23N5O7/c1-26-22(31)24(21(30)25-23(26)32)10-15-9-16(29(33)34)3-4-17(15)28-7-6-27(12-20(24)28)11-14-2-5-18-19(8-14)36-13-35-18/h2-5,8-9,20H,6-7,10-13H2,1H3,(H,25,30,32). The first-order valence-corrected chi connectivity index (χ1v) is 11.6. The molecule has 36 heavy (non-hydrogen) atoms. The largest absolute Gasteiger partial charge is 0.454 e. The van der Waals surface area contributed by atoms with Crippen molar-refractivity contribution >= 4 is 29.2 Å². The van der Waals surface area contributed by atoms with Gasteiger partial charge in [0.05, 0.1) is 11.0 Å². The molecule has 0 saturated carbocycles. The number of non-ortho nitro benzene ring substituents is 1. The first-order valence-electron chi connectivity index (χ1n) is 11.6. The van der Waals surface area contributed by atoms with Gasteiger partial charge in [-0.1, -0.05) is 6.07 Å². The van der Waals surface area contributed by atoms with E-state index in [-0.39, 0.29) is 18.9 Å². The lowest BCUT2D eigenvalue weighted by Crippen LogP contribution is -2.74. The third-order valence-electron chi connectivity index (χ3n) is 7.55. The molecule has 2 atom stereocenters. The summed E-state index contributed by atoms with van der Waals surface area (Å²) in [6.45, 7) is 2.27. The SMILES string of the molecule is CN1C(=O)NC(=O)C2(Cc3cc([N+](=O)[O-])ccc3N3CCN(Cc4ccc5c(c4)OCO5)CC32)C1=O. The number of benzene rings is 2. The fourth-order valence-corrected chi connectivity index (χ4v) is 5.75. The van der Waals surface area contributed by atoms with Gasteiger partial charge in [-0.25, -0.2) is 4.79 Å². The van der Waals surface area contributed by atoms with Crippen LogP contribution in [0.25, 0.3) is 0 Å². The number of nitrogens with one attached hydrogen (secondary N) is 1. The zero-order valence-electron chi connectivity index (χ0n) is 19.4. The minimum Gasteiger partial charge on any atom is -0.454 e. The molecule has 2 aromatic rings. The highest BCUT2D eigenvalue weighted by Crippen LogP contribution is 2.46. The minimum atomic E-state index is -1.60. The summed E-state index contributed by atoms with van der Waals surface area (Å²) >= 11 is 0. The number of rotatable bonds is 3. The second kappa shape index (κ2) is 7.92. The van der Waals surface area contributed by atoms with Gasteiger partial charge in [0.1, 0.15) is 0 Å². The number of hydrogen-bond donors (Lipinski definition) is 1. The molecule has 0 aliphatic carbocycles. The van der Waals surface area contributed by atoms with Crippen LogP contribution >= 0.6 is 0 Å². The third kappa shape index (κ3) is 3.21. The molecule has 0 aromatic heterocycles. The van der Waals surface area contributed by atoms with E-state index in [1.165, 1.54) is 19.2 Å². The highest BCUT2D eigenvalue weighted by Gasteiger charge is 2.62. The second-order valence-electron chi connectivity index (χ2n) is 9.47. The number of carbonyl (C=O) groups excluding carboxylic acids is 3. The number of piperazine rings is 1. The lowest BCUT2D eigenvalue weighted by atomic mass is 9.67. The van der Waals surface area contributed by atoms with Gasteiger partial charge in [-0.3, -0.25) is 34.8 Å². The molecule has 2 saturated heterocycles. The van der Waals surface area contributed by atoms with Crippen LogP contribution in [0.4, 0.5) is 16.2 Å². The molecule has 4 amide bonds. The van der Waals surface area contributed by atoms with E-state index in [2.05, 4.69) is 10.2 Å². The molecule has 2 unspecified atom stereocenters. The van der Waals surface area contributed by atoms with Gasteiger partial charge in [-0.2, -0.15) is 0 Å². The van der Waals surface area contributed by atoms with E-state index >= 15 is 0 Å². The number of ether oxygens (including phenoxy) is 2. The fraction of sp³-hybridized carbons (Fsp3) is 0.375. The maximum Gasteiger partial charge on any atom is 0.330 e. The van der Waals surface area contributed by atoms with Crippen molar-refractivity contribution in [3.8, 4) is 11.5 Å². The number of barbiturate groups is 1. The smallest absolute Gasteiger partial charge is 0.330 e. The summed E-state index contributed by atoms with van der Waals surface area (Å²) in [7, 11) is 1.34. The molecule has 4 aliphatic heterocycles. The van der Waals surface area contributed by atoms with Gasteiger partial charge in [-0.05, 0) is 29.3 Å². The number of fused-ring (bicyclic) bond motifs is 5. The Morgan fingerprint density at radius 3 is 2.72 bits per heavy atom. The summed E-state index contributed by atoms with van der Waals surface area (Å²) < 4.78 is 10.9. The highest BCUT2D eigenvalue weighted by molar-refractivity contribution is 6.20. The summed E-state index contributed by atoms with van der Waals surface area (Å²) in [6.07, 6.45) is -0.0364. The van der Waals surface area contributed by atoms with Crippen molar-refractivity contribution in [2.24, 2.45) is 5.41 Å². The lowest BCUT2D eigenvalue weighted by molar-refractivity contribution is -0.384. The van der Waals surface area contributed by atoms with Crippen molar-refractivity contribution in [2.75, 3.05) is 38.4 Å². The number of nitro benzene ring substituents is 1. The topological polar surface area (TPSA) is 135 Å². The van der Waals surface area contributed by atoms with Gasteiger partial charge in [0, 0.05) is 57.5 Å². The molecule has 12 heteroatoms. The quantitative estimate of drug-likeness (QED) is 0.381. The molecule has 2 aromatic carbocycles. The van der Waals surface area contributed by atoms with E-state index in [1.807, 2.05) is 23.1 Å². The number of carbonyl (C=O) groups is 3. The molecule has 1 spiro atoms. The number of urea groups is 1. The first kappa shape index (κ1) is 22.3. The van der Waals surface area contributed by atoms with Crippen molar-refractivity contribution in [3.05, 3.63) is 57.6 Å².